The molecule has 0 saturated carbocycles. The molecule has 0 N–H and O–H groups in total. The largest absolute Gasteiger partial charge is 0.495 e. The minimum absolute atomic E-state index is 0.0677. The molecule has 0 spiro atoms. The third-order valence-electron chi connectivity index (χ3n) is 6.28. The van der Waals surface area contributed by atoms with E-state index in [0.29, 0.717) is 38.3 Å². The molecule has 10 heteroatoms. The van der Waals surface area contributed by atoms with Gasteiger partial charge in [-0.05, 0) is 36.1 Å². The van der Waals surface area contributed by atoms with Crippen molar-refractivity contribution in [1.82, 2.24) is 14.7 Å². The standard InChI is InChI=1S/C23H26N4O4S2/c1-31-21-6-3-2-5-19(21)25-9-11-26(12-10-25)23(28)18-15-20(22-7-4-13-32-22)27(24-18)17-8-14-33(29,30)16-17/h2-7,13,15,17H,8-12,14,16H2,1H3/t17-/m1/s1. The summed E-state index contributed by atoms with van der Waals surface area (Å²) < 4.78 is 31.4. The number of methoxy groups -OCH3 is 1. The molecule has 2 fully saturated rings. The molecule has 33 heavy (non-hydrogen) atoms. The summed E-state index contributed by atoms with van der Waals surface area (Å²) in [6.07, 6.45) is 0.521. The molecule has 0 radical (unpaired) electrons. The number of carbonyl (C=O) groups excluding carboxylic acids is 1. The Hall–Kier alpha value is -2.85. The fourth-order valence-electron chi connectivity index (χ4n) is 4.56. The van der Waals surface area contributed by atoms with Gasteiger partial charge in [0, 0.05) is 26.2 Å². The maximum Gasteiger partial charge on any atom is 0.274 e. The van der Waals surface area contributed by atoms with Gasteiger partial charge in [-0.1, -0.05) is 18.2 Å². The number of rotatable bonds is 5. The van der Waals surface area contributed by atoms with Crippen LogP contribution in [0.2, 0.25) is 0 Å². The Morgan fingerprint density at radius 1 is 1.12 bits per heavy atom. The summed E-state index contributed by atoms with van der Waals surface area (Å²) in [5.74, 6) is 0.934. The summed E-state index contributed by atoms with van der Waals surface area (Å²) in [5.41, 5.74) is 2.20. The van der Waals surface area contributed by atoms with Crippen LogP contribution in [0.1, 0.15) is 23.0 Å². The van der Waals surface area contributed by atoms with E-state index in [1.807, 2.05) is 52.7 Å². The fourth-order valence-corrected chi connectivity index (χ4v) is 6.98. The first-order valence-corrected chi connectivity index (χ1v) is 13.7. The lowest BCUT2D eigenvalue weighted by Crippen LogP contribution is -2.49. The molecule has 0 bridgehead atoms. The molecule has 3 aromatic rings. The van der Waals surface area contributed by atoms with Crippen molar-refractivity contribution in [2.75, 3.05) is 49.7 Å². The van der Waals surface area contributed by atoms with E-state index in [1.54, 1.807) is 23.1 Å². The van der Waals surface area contributed by atoms with Crippen LogP contribution in [-0.4, -0.2) is 73.8 Å². The number of carbonyl (C=O) groups is 1. The van der Waals surface area contributed by atoms with Gasteiger partial charge < -0.3 is 14.5 Å². The van der Waals surface area contributed by atoms with Crippen LogP contribution in [0, 0.1) is 0 Å². The molecule has 2 aliphatic heterocycles. The number of benzene rings is 1. The van der Waals surface area contributed by atoms with Gasteiger partial charge in [-0.15, -0.1) is 11.3 Å². The van der Waals surface area contributed by atoms with Gasteiger partial charge in [0.25, 0.3) is 5.91 Å². The van der Waals surface area contributed by atoms with Crippen LogP contribution in [0.3, 0.4) is 0 Å². The number of piperazine rings is 1. The lowest BCUT2D eigenvalue weighted by atomic mass is 10.2. The van der Waals surface area contributed by atoms with Gasteiger partial charge in [0.05, 0.1) is 40.9 Å². The highest BCUT2D eigenvalue weighted by atomic mass is 32.2. The zero-order valence-corrected chi connectivity index (χ0v) is 20.0. The predicted octanol–water partition coefficient (Wildman–Crippen LogP) is 2.94. The van der Waals surface area contributed by atoms with E-state index in [0.717, 1.165) is 22.0 Å². The molecule has 1 amide bonds. The first kappa shape index (κ1) is 22.0. The highest BCUT2D eigenvalue weighted by Gasteiger charge is 2.33. The van der Waals surface area contributed by atoms with Crippen LogP contribution in [-0.2, 0) is 9.84 Å². The molecule has 2 saturated heterocycles. The lowest BCUT2D eigenvalue weighted by Gasteiger charge is -2.36. The maximum absolute atomic E-state index is 13.3. The molecule has 8 nitrogen and oxygen atoms in total. The third kappa shape index (κ3) is 4.37. The summed E-state index contributed by atoms with van der Waals surface area (Å²) in [6, 6.07) is 13.4. The normalized spacial score (nSPS) is 20.2. The molecule has 4 heterocycles. The number of hydrogen-bond acceptors (Lipinski definition) is 7. The van der Waals surface area contributed by atoms with Gasteiger partial charge in [0.1, 0.15) is 5.75 Å². The SMILES string of the molecule is COc1ccccc1N1CCN(C(=O)c2cc(-c3cccs3)n([C@@H]3CCS(=O)(=O)C3)n2)CC1. The summed E-state index contributed by atoms with van der Waals surface area (Å²) in [6.45, 7) is 2.56. The van der Waals surface area contributed by atoms with Gasteiger partial charge in [0.2, 0.25) is 0 Å². The van der Waals surface area contributed by atoms with Crippen LogP contribution in [0.4, 0.5) is 5.69 Å². The highest BCUT2D eigenvalue weighted by molar-refractivity contribution is 7.91. The second-order valence-corrected chi connectivity index (χ2v) is 11.5. The molecule has 2 aromatic heterocycles. The number of thiophene rings is 1. The number of sulfone groups is 1. The second-order valence-electron chi connectivity index (χ2n) is 8.34. The zero-order valence-electron chi connectivity index (χ0n) is 18.4. The third-order valence-corrected chi connectivity index (χ3v) is 8.92. The molecule has 1 atom stereocenters. The highest BCUT2D eigenvalue weighted by Crippen LogP contribution is 2.33. The van der Waals surface area contributed by atoms with E-state index < -0.39 is 9.84 Å². The minimum Gasteiger partial charge on any atom is -0.495 e. The summed E-state index contributed by atoms with van der Waals surface area (Å²) >= 11 is 1.56. The van der Waals surface area contributed by atoms with Gasteiger partial charge >= 0.3 is 0 Å². The summed E-state index contributed by atoms with van der Waals surface area (Å²) in [4.78, 5) is 18.4. The number of amides is 1. The average molecular weight is 487 g/mol. The van der Waals surface area contributed by atoms with Gasteiger partial charge in [0.15, 0.2) is 15.5 Å². The smallest absolute Gasteiger partial charge is 0.274 e. The molecule has 1 aromatic carbocycles. The Morgan fingerprint density at radius 2 is 1.91 bits per heavy atom. The fraction of sp³-hybridized carbons (Fsp3) is 0.391. The first-order valence-electron chi connectivity index (χ1n) is 11.0. The van der Waals surface area contributed by atoms with Crippen LogP contribution >= 0.6 is 11.3 Å². The number of anilines is 1. The Morgan fingerprint density at radius 3 is 2.58 bits per heavy atom. The van der Waals surface area contributed by atoms with Crippen molar-refractivity contribution in [3.05, 3.63) is 53.5 Å². The predicted molar refractivity (Wildman–Crippen MR) is 129 cm³/mol. The molecule has 5 rings (SSSR count). The molecule has 174 valence electrons. The van der Waals surface area contributed by atoms with Gasteiger partial charge in [-0.3, -0.25) is 9.48 Å². The summed E-state index contributed by atoms with van der Waals surface area (Å²) in [7, 11) is -1.41. The van der Waals surface area contributed by atoms with E-state index in [-0.39, 0.29) is 23.5 Å². The van der Waals surface area contributed by atoms with Crippen molar-refractivity contribution in [2.24, 2.45) is 0 Å². The van der Waals surface area contributed by atoms with Crippen molar-refractivity contribution >= 4 is 32.8 Å². The van der Waals surface area contributed by atoms with E-state index in [9.17, 15) is 13.2 Å². The van der Waals surface area contributed by atoms with Crippen LogP contribution in [0.15, 0.2) is 47.8 Å². The zero-order chi connectivity index (χ0) is 23.0. The molecule has 2 aliphatic rings. The topological polar surface area (TPSA) is 84.7 Å². The van der Waals surface area contributed by atoms with Crippen molar-refractivity contribution in [3.8, 4) is 16.3 Å². The maximum atomic E-state index is 13.3. The van der Waals surface area contributed by atoms with Crippen LogP contribution < -0.4 is 9.64 Å². The van der Waals surface area contributed by atoms with Crippen molar-refractivity contribution < 1.29 is 17.9 Å². The first-order chi connectivity index (χ1) is 15.9. The van der Waals surface area contributed by atoms with E-state index in [2.05, 4.69) is 10.00 Å². The molecular formula is C23H26N4O4S2. The Kier molecular flexibility index (Phi) is 5.88. The molecule has 0 aliphatic carbocycles. The number of para-hydroxylation sites is 2. The van der Waals surface area contributed by atoms with E-state index >= 15 is 0 Å². The number of ether oxygens (including phenoxy) is 1. The van der Waals surface area contributed by atoms with Gasteiger partial charge in [-0.25, -0.2) is 8.42 Å². The quantitative estimate of drug-likeness (QED) is 0.551. The van der Waals surface area contributed by atoms with Crippen molar-refractivity contribution in [1.29, 1.82) is 0 Å². The second kappa shape index (κ2) is 8.83. The summed E-state index contributed by atoms with van der Waals surface area (Å²) in [5, 5.41) is 6.60. The number of nitrogens with zero attached hydrogens (tertiary/aromatic N) is 4. The van der Waals surface area contributed by atoms with E-state index in [4.69, 9.17) is 4.74 Å². The van der Waals surface area contributed by atoms with Crippen LogP contribution in [0.5, 0.6) is 5.75 Å². The Bertz CT molecular complexity index is 1250. The van der Waals surface area contributed by atoms with Crippen LogP contribution in [0.25, 0.3) is 10.6 Å². The Balaban J connectivity index is 1.36. The number of aromatic nitrogens is 2. The minimum atomic E-state index is -3.07. The Labute approximate surface area is 197 Å². The van der Waals surface area contributed by atoms with E-state index in [1.165, 1.54) is 0 Å². The molecule has 0 unspecified atom stereocenters. The van der Waals surface area contributed by atoms with Crippen molar-refractivity contribution in [3.63, 3.8) is 0 Å². The van der Waals surface area contributed by atoms with Crippen molar-refractivity contribution in [2.45, 2.75) is 12.5 Å². The monoisotopic (exact) mass is 486 g/mol. The number of hydrogen-bond donors (Lipinski definition) is 0. The lowest BCUT2D eigenvalue weighted by molar-refractivity contribution is 0.0739. The molecular weight excluding hydrogens is 460 g/mol. The van der Waals surface area contributed by atoms with Gasteiger partial charge in [-0.2, -0.15) is 5.10 Å². The average Bonchev–Trinajstić information content (AvgIpc) is 3.58.